The maximum Gasteiger partial charge on any atom is 0.124 e. The van der Waals surface area contributed by atoms with Crippen LogP contribution in [0.15, 0.2) is 22.7 Å². The van der Waals surface area contributed by atoms with Crippen LogP contribution in [0.1, 0.15) is 24.9 Å². The summed E-state index contributed by atoms with van der Waals surface area (Å²) in [6, 6.07) is 5.18. The number of halogens is 2. The van der Waals surface area contributed by atoms with E-state index in [1.54, 1.807) is 6.07 Å². The zero-order valence-electron chi connectivity index (χ0n) is 11.3. The number of hydrogen-bond donors (Lipinski definition) is 1. The lowest BCUT2D eigenvalue weighted by Crippen LogP contribution is -2.42. The molecule has 0 aliphatic carbocycles. The number of benzene rings is 1. The van der Waals surface area contributed by atoms with Crippen molar-refractivity contribution < 1.29 is 9.13 Å². The van der Waals surface area contributed by atoms with Crippen LogP contribution < -0.4 is 5.73 Å². The van der Waals surface area contributed by atoms with E-state index in [2.05, 4.69) is 34.8 Å². The highest BCUT2D eigenvalue weighted by molar-refractivity contribution is 9.10. The van der Waals surface area contributed by atoms with Gasteiger partial charge in [-0.1, -0.05) is 22.0 Å². The normalized spacial score (nSPS) is 24.9. The van der Waals surface area contributed by atoms with Crippen molar-refractivity contribution in [3.63, 3.8) is 0 Å². The van der Waals surface area contributed by atoms with Crippen molar-refractivity contribution in [3.8, 4) is 0 Å². The Kier molecular flexibility index (Phi) is 4.95. The van der Waals surface area contributed by atoms with Crippen LogP contribution in [0.2, 0.25) is 0 Å². The molecule has 19 heavy (non-hydrogen) atoms. The third-order valence-electron chi connectivity index (χ3n) is 3.90. The highest BCUT2D eigenvalue weighted by Crippen LogP contribution is 2.31. The smallest absolute Gasteiger partial charge is 0.124 e. The predicted molar refractivity (Wildman–Crippen MR) is 77.5 cm³/mol. The molecule has 1 heterocycles. The van der Waals surface area contributed by atoms with Gasteiger partial charge in [0.2, 0.25) is 0 Å². The molecule has 1 saturated heterocycles. The minimum Gasteiger partial charge on any atom is -0.377 e. The summed E-state index contributed by atoms with van der Waals surface area (Å²) in [5.74, 6) is -0.244. The summed E-state index contributed by atoms with van der Waals surface area (Å²) in [5, 5.41) is 0. The van der Waals surface area contributed by atoms with Crippen LogP contribution in [0, 0.1) is 5.82 Å². The van der Waals surface area contributed by atoms with E-state index in [0.717, 1.165) is 23.1 Å². The van der Waals surface area contributed by atoms with Gasteiger partial charge >= 0.3 is 0 Å². The van der Waals surface area contributed by atoms with Crippen molar-refractivity contribution in [2.75, 3.05) is 20.2 Å². The molecule has 2 N–H and O–H groups in total. The highest BCUT2D eigenvalue weighted by atomic mass is 79.9. The molecule has 3 unspecified atom stereocenters. The summed E-state index contributed by atoms with van der Waals surface area (Å²) < 4.78 is 19.6. The maximum atomic E-state index is 13.2. The third-order valence-corrected chi connectivity index (χ3v) is 4.58. The van der Waals surface area contributed by atoms with Gasteiger partial charge in [-0.05, 0) is 38.1 Å². The summed E-state index contributed by atoms with van der Waals surface area (Å²) in [7, 11) is 2.06. The van der Waals surface area contributed by atoms with Gasteiger partial charge in [-0.25, -0.2) is 4.39 Å². The van der Waals surface area contributed by atoms with E-state index in [0.29, 0.717) is 12.6 Å². The van der Waals surface area contributed by atoms with Crippen LogP contribution >= 0.6 is 15.9 Å². The molecule has 5 heteroatoms. The van der Waals surface area contributed by atoms with Crippen molar-refractivity contribution in [1.29, 1.82) is 0 Å². The molecule has 3 atom stereocenters. The fraction of sp³-hybridized carbons (Fsp3) is 0.571. The van der Waals surface area contributed by atoms with Crippen LogP contribution in [-0.2, 0) is 4.74 Å². The Morgan fingerprint density at radius 3 is 2.84 bits per heavy atom. The molecular formula is C14H20BrFN2O. The zero-order valence-corrected chi connectivity index (χ0v) is 12.9. The Morgan fingerprint density at radius 1 is 1.58 bits per heavy atom. The van der Waals surface area contributed by atoms with E-state index in [4.69, 9.17) is 10.5 Å². The number of rotatable bonds is 4. The molecule has 0 aromatic heterocycles. The Bertz CT molecular complexity index is 443. The van der Waals surface area contributed by atoms with Gasteiger partial charge < -0.3 is 10.5 Å². The fourth-order valence-electron chi connectivity index (χ4n) is 2.77. The van der Waals surface area contributed by atoms with E-state index in [1.165, 1.54) is 12.1 Å². The fourth-order valence-corrected chi connectivity index (χ4v) is 3.39. The molecule has 0 spiro atoms. The summed E-state index contributed by atoms with van der Waals surface area (Å²) in [5.41, 5.74) is 6.95. The molecule has 1 fully saturated rings. The monoisotopic (exact) mass is 330 g/mol. The van der Waals surface area contributed by atoms with E-state index in [1.807, 2.05) is 0 Å². The Hall–Kier alpha value is -0.490. The molecule has 0 radical (unpaired) electrons. The molecule has 1 aromatic carbocycles. The van der Waals surface area contributed by atoms with E-state index < -0.39 is 0 Å². The van der Waals surface area contributed by atoms with Crippen molar-refractivity contribution in [2.24, 2.45) is 5.73 Å². The minimum atomic E-state index is -0.244. The average Bonchev–Trinajstić information content (AvgIpc) is 2.78. The molecule has 106 valence electrons. The lowest BCUT2D eigenvalue weighted by atomic mass is 10.0. The third kappa shape index (κ3) is 3.16. The van der Waals surface area contributed by atoms with Gasteiger partial charge in [-0.15, -0.1) is 0 Å². The predicted octanol–water partition coefficient (Wildman–Crippen LogP) is 2.70. The van der Waals surface area contributed by atoms with Gasteiger partial charge in [0.1, 0.15) is 5.82 Å². The second-order valence-electron chi connectivity index (χ2n) is 5.01. The van der Waals surface area contributed by atoms with Crippen molar-refractivity contribution in [1.82, 2.24) is 4.90 Å². The molecule has 0 bridgehead atoms. The van der Waals surface area contributed by atoms with Gasteiger partial charge in [-0.3, -0.25) is 4.90 Å². The molecule has 1 aliphatic rings. The summed E-state index contributed by atoms with van der Waals surface area (Å²) >= 11 is 3.43. The van der Waals surface area contributed by atoms with Gasteiger partial charge in [0.05, 0.1) is 6.10 Å². The maximum absolute atomic E-state index is 13.2. The Morgan fingerprint density at radius 2 is 2.32 bits per heavy atom. The Labute approximate surface area is 122 Å². The second-order valence-corrected chi connectivity index (χ2v) is 5.87. The number of nitrogens with two attached hydrogens (primary N) is 1. The first kappa shape index (κ1) is 14.9. The first-order valence-electron chi connectivity index (χ1n) is 6.53. The summed E-state index contributed by atoms with van der Waals surface area (Å²) in [6.07, 6.45) is 1.21. The first-order valence-corrected chi connectivity index (χ1v) is 7.32. The van der Waals surface area contributed by atoms with E-state index in [9.17, 15) is 4.39 Å². The van der Waals surface area contributed by atoms with Crippen LogP contribution in [0.25, 0.3) is 0 Å². The van der Waals surface area contributed by atoms with Gasteiger partial charge in [0, 0.05) is 29.7 Å². The number of nitrogens with zero attached hydrogens (tertiary/aromatic N) is 1. The lowest BCUT2D eigenvalue weighted by molar-refractivity contribution is 0.0684. The quantitative estimate of drug-likeness (QED) is 0.922. The van der Waals surface area contributed by atoms with Gasteiger partial charge in [-0.2, -0.15) is 0 Å². The number of likely N-dealkylation sites (N-methyl/N-ethyl adjacent to an activating group) is 1. The molecule has 3 nitrogen and oxygen atoms in total. The van der Waals surface area contributed by atoms with Gasteiger partial charge in [0.15, 0.2) is 0 Å². The van der Waals surface area contributed by atoms with Gasteiger partial charge in [0.25, 0.3) is 0 Å². The second kappa shape index (κ2) is 6.31. The van der Waals surface area contributed by atoms with Crippen LogP contribution in [0.5, 0.6) is 0 Å². The molecule has 2 rings (SSSR count). The van der Waals surface area contributed by atoms with Crippen molar-refractivity contribution in [2.45, 2.75) is 31.5 Å². The molecule has 1 aliphatic heterocycles. The lowest BCUT2D eigenvalue weighted by Gasteiger charge is -2.34. The first-order chi connectivity index (χ1) is 9.04. The largest absolute Gasteiger partial charge is 0.377 e. The summed E-state index contributed by atoms with van der Waals surface area (Å²) in [4.78, 5) is 2.25. The standard InChI is InChI=1S/C14H20BrFN2O/c1-9-13(5-6-19-9)18(2)14(8-17)11-4-3-10(16)7-12(11)15/h3-4,7,9,13-14H,5-6,8,17H2,1-2H3. The van der Waals surface area contributed by atoms with E-state index in [-0.39, 0.29) is 18.0 Å². The van der Waals surface area contributed by atoms with Crippen LogP contribution in [0.3, 0.4) is 0 Å². The number of hydrogen-bond acceptors (Lipinski definition) is 3. The van der Waals surface area contributed by atoms with E-state index >= 15 is 0 Å². The van der Waals surface area contributed by atoms with Crippen LogP contribution in [0.4, 0.5) is 4.39 Å². The molecule has 0 amide bonds. The van der Waals surface area contributed by atoms with Crippen molar-refractivity contribution in [3.05, 3.63) is 34.1 Å². The zero-order chi connectivity index (χ0) is 14.0. The van der Waals surface area contributed by atoms with Crippen LogP contribution in [-0.4, -0.2) is 37.2 Å². The number of ether oxygens (including phenoxy) is 1. The average molecular weight is 331 g/mol. The van der Waals surface area contributed by atoms with Crippen molar-refractivity contribution >= 4 is 15.9 Å². The SMILES string of the molecule is CC1OCCC1N(C)C(CN)c1ccc(F)cc1Br. The Balaban J connectivity index is 2.23. The topological polar surface area (TPSA) is 38.5 Å². The molecular weight excluding hydrogens is 311 g/mol. The minimum absolute atomic E-state index is 0.0594. The molecule has 1 aromatic rings. The summed E-state index contributed by atoms with van der Waals surface area (Å²) in [6.45, 7) is 3.36. The molecule has 0 saturated carbocycles. The highest BCUT2D eigenvalue weighted by Gasteiger charge is 2.32.